The highest BCUT2D eigenvalue weighted by Crippen LogP contribution is 2.44. The molecule has 3 N–H and O–H groups in total. The van der Waals surface area contributed by atoms with Crippen LogP contribution in [-0.2, 0) is 13.8 Å². The molecule has 0 radical (unpaired) electrons. The van der Waals surface area contributed by atoms with E-state index in [9.17, 15) is 23.7 Å². The van der Waals surface area contributed by atoms with Gasteiger partial charge in [-0.05, 0) is 31.3 Å². The number of nitrogens with zero attached hydrogens (tertiary/aromatic N) is 1. The van der Waals surface area contributed by atoms with Crippen molar-refractivity contribution in [3.63, 3.8) is 0 Å². The van der Waals surface area contributed by atoms with Crippen molar-refractivity contribution < 1.29 is 27.8 Å². The van der Waals surface area contributed by atoms with E-state index >= 15 is 0 Å². The van der Waals surface area contributed by atoms with E-state index in [2.05, 4.69) is 5.09 Å². The first kappa shape index (κ1) is 21.7. The van der Waals surface area contributed by atoms with Crippen LogP contribution in [0, 0.1) is 5.82 Å². The predicted octanol–water partition coefficient (Wildman–Crippen LogP) is 1.40. The van der Waals surface area contributed by atoms with Gasteiger partial charge in [0.05, 0.1) is 18.9 Å². The number of aromatic nitrogens is 2. The van der Waals surface area contributed by atoms with E-state index < -0.39 is 43.2 Å². The predicted molar refractivity (Wildman–Crippen MR) is 101 cm³/mol. The van der Waals surface area contributed by atoms with Crippen LogP contribution >= 0.6 is 19.3 Å². The number of benzene rings is 1. The van der Waals surface area contributed by atoms with Gasteiger partial charge in [0.25, 0.3) is 5.56 Å². The third-order valence-electron chi connectivity index (χ3n) is 4.16. The SMILES string of the molecule is CNP(=O)(OC[C@H]1O[C@@H](n2cc(F)c(=O)[nH]c2=O)C[C@@H]1O)Oc1ccc(Cl)cc1. The van der Waals surface area contributed by atoms with Gasteiger partial charge < -0.3 is 14.4 Å². The standard InChI is InChI=1S/C16H18ClFN3O7P/c1-19-29(25,28-10-4-2-9(17)3-5-10)26-8-13-12(22)6-14(27-13)21-7-11(18)15(23)20-16(21)24/h2-5,7,12-14,22H,6,8H2,1H3,(H,19,25)(H,20,23,24)/t12-,13+,14+,29?/m0/s1. The van der Waals surface area contributed by atoms with Gasteiger partial charge in [0.1, 0.15) is 18.1 Å². The number of ether oxygens (including phenoxy) is 1. The Balaban J connectivity index is 1.66. The number of rotatable bonds is 7. The maximum absolute atomic E-state index is 13.5. The largest absolute Gasteiger partial charge is 0.458 e. The summed E-state index contributed by atoms with van der Waals surface area (Å²) >= 11 is 5.79. The highest BCUT2D eigenvalue weighted by atomic mass is 35.5. The van der Waals surface area contributed by atoms with Gasteiger partial charge in [0.2, 0.25) is 5.82 Å². The zero-order valence-electron chi connectivity index (χ0n) is 15.1. The van der Waals surface area contributed by atoms with Crippen molar-refractivity contribution in [1.29, 1.82) is 0 Å². The number of aliphatic hydroxyl groups is 1. The number of nitrogens with one attached hydrogen (secondary N) is 2. The van der Waals surface area contributed by atoms with Crippen LogP contribution in [0.25, 0.3) is 0 Å². The van der Waals surface area contributed by atoms with E-state index in [1.165, 1.54) is 19.2 Å². The number of hydrogen-bond donors (Lipinski definition) is 3. The minimum atomic E-state index is -3.79. The molecular weight excluding hydrogens is 432 g/mol. The topological polar surface area (TPSA) is 132 Å². The third-order valence-corrected chi connectivity index (χ3v) is 5.90. The molecule has 0 spiro atoms. The fourth-order valence-corrected chi connectivity index (χ4v) is 3.79. The molecule has 158 valence electrons. The molecule has 1 aliphatic heterocycles. The molecule has 4 atom stereocenters. The number of H-pyrrole nitrogens is 1. The van der Waals surface area contributed by atoms with Crippen molar-refractivity contribution in [3.05, 3.63) is 62.1 Å². The molecule has 3 rings (SSSR count). The van der Waals surface area contributed by atoms with Crippen LogP contribution in [-0.4, -0.2) is 40.5 Å². The van der Waals surface area contributed by atoms with Gasteiger partial charge in [-0.3, -0.25) is 18.9 Å². The number of aliphatic hydroxyl groups excluding tert-OH is 1. The van der Waals surface area contributed by atoms with Crippen molar-refractivity contribution in [2.45, 2.75) is 24.9 Å². The Bertz CT molecular complexity index is 1030. The number of hydrogen-bond acceptors (Lipinski definition) is 7. The lowest BCUT2D eigenvalue weighted by atomic mass is 10.2. The lowest BCUT2D eigenvalue weighted by Crippen LogP contribution is -2.34. The number of halogens is 2. The molecule has 1 saturated heterocycles. The van der Waals surface area contributed by atoms with E-state index in [1.807, 2.05) is 4.98 Å². The summed E-state index contributed by atoms with van der Waals surface area (Å²) in [6.07, 6.45) is -2.48. The molecule has 1 unspecified atom stereocenters. The van der Waals surface area contributed by atoms with Gasteiger partial charge in [0.15, 0.2) is 0 Å². The van der Waals surface area contributed by atoms with Crippen LogP contribution < -0.4 is 20.9 Å². The molecule has 0 amide bonds. The number of aromatic amines is 1. The Morgan fingerprint density at radius 2 is 2.10 bits per heavy atom. The summed E-state index contributed by atoms with van der Waals surface area (Å²) < 4.78 is 43.2. The molecule has 1 fully saturated rings. The Morgan fingerprint density at radius 3 is 2.76 bits per heavy atom. The Labute approximate surface area is 168 Å². The van der Waals surface area contributed by atoms with E-state index in [1.54, 1.807) is 12.1 Å². The van der Waals surface area contributed by atoms with Gasteiger partial charge in [-0.2, -0.15) is 4.39 Å². The molecule has 0 aliphatic carbocycles. The molecule has 0 saturated carbocycles. The van der Waals surface area contributed by atoms with Crippen LogP contribution in [0.5, 0.6) is 5.75 Å². The van der Waals surface area contributed by atoms with E-state index in [0.717, 1.165) is 4.57 Å². The summed E-state index contributed by atoms with van der Waals surface area (Å²) in [5, 5.41) is 13.1. The minimum Gasteiger partial charge on any atom is -0.413 e. The van der Waals surface area contributed by atoms with Crippen LogP contribution in [0.1, 0.15) is 12.6 Å². The average Bonchev–Trinajstić information content (AvgIpc) is 3.05. The smallest absolute Gasteiger partial charge is 0.413 e. The van der Waals surface area contributed by atoms with Crippen molar-refractivity contribution in [1.82, 2.24) is 14.6 Å². The van der Waals surface area contributed by atoms with Gasteiger partial charge in [0, 0.05) is 11.4 Å². The fourth-order valence-electron chi connectivity index (χ4n) is 2.65. The van der Waals surface area contributed by atoms with Crippen LogP contribution in [0.2, 0.25) is 5.02 Å². The minimum absolute atomic E-state index is 0.0681. The molecule has 29 heavy (non-hydrogen) atoms. The van der Waals surface area contributed by atoms with Crippen molar-refractivity contribution in [2.24, 2.45) is 0 Å². The van der Waals surface area contributed by atoms with E-state index in [4.69, 9.17) is 25.4 Å². The molecule has 1 aliphatic rings. The van der Waals surface area contributed by atoms with Crippen LogP contribution in [0.3, 0.4) is 0 Å². The van der Waals surface area contributed by atoms with E-state index in [-0.39, 0.29) is 18.8 Å². The monoisotopic (exact) mass is 449 g/mol. The van der Waals surface area contributed by atoms with Crippen molar-refractivity contribution in [3.8, 4) is 5.75 Å². The van der Waals surface area contributed by atoms with Crippen LogP contribution in [0.4, 0.5) is 4.39 Å². The lowest BCUT2D eigenvalue weighted by molar-refractivity contribution is -0.0427. The second-order valence-corrected chi connectivity index (χ2v) is 8.46. The molecular formula is C16H18ClFN3O7P. The first-order valence-corrected chi connectivity index (χ1v) is 10.4. The first-order chi connectivity index (χ1) is 13.7. The summed E-state index contributed by atoms with van der Waals surface area (Å²) in [5.74, 6) is -0.924. The zero-order chi connectivity index (χ0) is 21.2. The average molecular weight is 450 g/mol. The Hall–Kier alpha value is -2.01. The van der Waals surface area contributed by atoms with Gasteiger partial charge in [-0.25, -0.2) is 14.4 Å². The maximum Gasteiger partial charge on any atom is 0.458 e. The third kappa shape index (κ3) is 5.13. The highest BCUT2D eigenvalue weighted by Gasteiger charge is 2.38. The first-order valence-electron chi connectivity index (χ1n) is 8.44. The van der Waals surface area contributed by atoms with Gasteiger partial charge in [-0.1, -0.05) is 11.6 Å². The summed E-state index contributed by atoms with van der Waals surface area (Å²) in [6.45, 7) is -0.343. The summed E-state index contributed by atoms with van der Waals surface area (Å²) in [4.78, 5) is 24.8. The molecule has 0 bridgehead atoms. The molecule has 10 nitrogen and oxygen atoms in total. The van der Waals surface area contributed by atoms with Crippen molar-refractivity contribution in [2.75, 3.05) is 13.7 Å². The van der Waals surface area contributed by atoms with Gasteiger partial charge >= 0.3 is 13.4 Å². The van der Waals surface area contributed by atoms with Gasteiger partial charge in [-0.15, -0.1) is 0 Å². The highest BCUT2D eigenvalue weighted by molar-refractivity contribution is 7.52. The zero-order valence-corrected chi connectivity index (χ0v) is 16.7. The second kappa shape index (κ2) is 8.78. The Morgan fingerprint density at radius 1 is 1.41 bits per heavy atom. The summed E-state index contributed by atoms with van der Waals surface area (Å²) in [7, 11) is -2.42. The normalized spacial score (nSPS) is 23.7. The summed E-state index contributed by atoms with van der Waals surface area (Å²) in [6, 6.07) is 6.10. The molecule has 1 aromatic heterocycles. The maximum atomic E-state index is 13.5. The quantitative estimate of drug-likeness (QED) is 0.540. The van der Waals surface area contributed by atoms with E-state index in [0.29, 0.717) is 11.2 Å². The molecule has 2 aromatic rings. The molecule has 1 aromatic carbocycles. The fraction of sp³-hybridized carbons (Fsp3) is 0.375. The van der Waals surface area contributed by atoms with Crippen molar-refractivity contribution >= 4 is 19.3 Å². The second-order valence-electron chi connectivity index (χ2n) is 6.14. The Kier molecular flexibility index (Phi) is 6.57. The lowest BCUT2D eigenvalue weighted by Gasteiger charge is -2.21. The molecule has 13 heteroatoms. The van der Waals surface area contributed by atoms with Crippen LogP contribution in [0.15, 0.2) is 40.1 Å². The summed E-state index contributed by atoms with van der Waals surface area (Å²) in [5.41, 5.74) is -2.04. The molecule has 2 heterocycles.